The highest BCUT2D eigenvalue weighted by Gasteiger charge is 2.52. The summed E-state index contributed by atoms with van der Waals surface area (Å²) in [5.74, 6) is 0. The first-order valence-corrected chi connectivity index (χ1v) is 5.53. The van der Waals surface area contributed by atoms with Crippen LogP contribution in [0.25, 0.3) is 0 Å². The van der Waals surface area contributed by atoms with Crippen molar-refractivity contribution in [1.29, 1.82) is 0 Å². The third kappa shape index (κ3) is 1.29. The van der Waals surface area contributed by atoms with Crippen LogP contribution in [-0.2, 0) is 9.47 Å². The SMILES string of the molecule is C1COCC(C2NCC23CCOC3)N1. The van der Waals surface area contributed by atoms with E-state index in [-0.39, 0.29) is 0 Å². The highest BCUT2D eigenvalue weighted by molar-refractivity contribution is 5.09. The molecule has 3 saturated heterocycles. The average molecular weight is 198 g/mol. The summed E-state index contributed by atoms with van der Waals surface area (Å²) >= 11 is 0. The number of hydrogen-bond acceptors (Lipinski definition) is 4. The molecular formula is C10H18N2O2. The van der Waals surface area contributed by atoms with Gasteiger partial charge in [0.25, 0.3) is 0 Å². The summed E-state index contributed by atoms with van der Waals surface area (Å²) < 4.78 is 11.0. The summed E-state index contributed by atoms with van der Waals surface area (Å²) in [7, 11) is 0. The quantitative estimate of drug-likeness (QED) is 0.588. The van der Waals surface area contributed by atoms with Crippen molar-refractivity contribution in [3.8, 4) is 0 Å². The van der Waals surface area contributed by atoms with Gasteiger partial charge < -0.3 is 20.1 Å². The lowest BCUT2D eigenvalue weighted by atomic mass is 9.70. The van der Waals surface area contributed by atoms with Gasteiger partial charge in [0.05, 0.1) is 19.8 Å². The molecule has 0 aromatic rings. The third-order valence-electron chi connectivity index (χ3n) is 3.82. The Hall–Kier alpha value is -0.160. The Morgan fingerprint density at radius 1 is 1.14 bits per heavy atom. The maximum absolute atomic E-state index is 5.51. The van der Waals surface area contributed by atoms with E-state index in [0.29, 0.717) is 17.5 Å². The van der Waals surface area contributed by atoms with Crippen LogP contribution in [0, 0.1) is 5.41 Å². The van der Waals surface area contributed by atoms with E-state index in [1.807, 2.05) is 0 Å². The maximum Gasteiger partial charge on any atom is 0.0635 e. The molecule has 0 aliphatic carbocycles. The molecule has 2 N–H and O–H groups in total. The fourth-order valence-electron chi connectivity index (χ4n) is 2.89. The van der Waals surface area contributed by atoms with Gasteiger partial charge in [0, 0.05) is 37.2 Å². The molecule has 80 valence electrons. The first kappa shape index (κ1) is 9.09. The van der Waals surface area contributed by atoms with E-state index in [9.17, 15) is 0 Å². The van der Waals surface area contributed by atoms with Gasteiger partial charge in [0.2, 0.25) is 0 Å². The topological polar surface area (TPSA) is 42.5 Å². The maximum atomic E-state index is 5.51. The van der Waals surface area contributed by atoms with Crippen molar-refractivity contribution >= 4 is 0 Å². The van der Waals surface area contributed by atoms with Crippen molar-refractivity contribution in [3.63, 3.8) is 0 Å². The second-order valence-electron chi connectivity index (χ2n) is 4.66. The Morgan fingerprint density at radius 3 is 2.71 bits per heavy atom. The van der Waals surface area contributed by atoms with Crippen LogP contribution < -0.4 is 10.6 Å². The molecule has 3 aliphatic heterocycles. The normalized spacial score (nSPS) is 48.0. The lowest BCUT2D eigenvalue weighted by molar-refractivity contribution is -0.0122. The molecule has 4 nitrogen and oxygen atoms in total. The Kier molecular flexibility index (Phi) is 2.24. The van der Waals surface area contributed by atoms with E-state index in [1.165, 1.54) is 6.42 Å². The van der Waals surface area contributed by atoms with Crippen LogP contribution >= 0.6 is 0 Å². The fourth-order valence-corrected chi connectivity index (χ4v) is 2.89. The second kappa shape index (κ2) is 3.45. The van der Waals surface area contributed by atoms with Crippen molar-refractivity contribution < 1.29 is 9.47 Å². The summed E-state index contributed by atoms with van der Waals surface area (Å²) in [6.45, 7) is 5.68. The largest absolute Gasteiger partial charge is 0.381 e. The smallest absolute Gasteiger partial charge is 0.0635 e. The van der Waals surface area contributed by atoms with Gasteiger partial charge >= 0.3 is 0 Å². The van der Waals surface area contributed by atoms with Crippen molar-refractivity contribution in [3.05, 3.63) is 0 Å². The molecular weight excluding hydrogens is 180 g/mol. The molecule has 0 bridgehead atoms. The number of ether oxygens (including phenoxy) is 2. The summed E-state index contributed by atoms with van der Waals surface area (Å²) in [5.41, 5.74) is 0.415. The molecule has 0 aromatic carbocycles. The van der Waals surface area contributed by atoms with Crippen LogP contribution in [0.4, 0.5) is 0 Å². The van der Waals surface area contributed by atoms with E-state index in [1.54, 1.807) is 0 Å². The van der Waals surface area contributed by atoms with Crippen LogP contribution in [-0.4, -0.2) is 51.6 Å². The van der Waals surface area contributed by atoms with Crippen LogP contribution in [0.2, 0.25) is 0 Å². The molecule has 14 heavy (non-hydrogen) atoms. The van der Waals surface area contributed by atoms with Crippen LogP contribution in [0.3, 0.4) is 0 Å². The first-order chi connectivity index (χ1) is 6.91. The van der Waals surface area contributed by atoms with E-state index >= 15 is 0 Å². The number of rotatable bonds is 1. The zero-order chi connectivity index (χ0) is 9.43. The van der Waals surface area contributed by atoms with Crippen molar-refractivity contribution in [1.82, 2.24) is 10.6 Å². The van der Waals surface area contributed by atoms with Gasteiger partial charge in [-0.15, -0.1) is 0 Å². The minimum atomic E-state index is 0.415. The molecule has 3 aliphatic rings. The zero-order valence-electron chi connectivity index (χ0n) is 8.42. The Morgan fingerprint density at radius 2 is 2.14 bits per heavy atom. The summed E-state index contributed by atoms with van der Waals surface area (Å²) in [4.78, 5) is 0. The second-order valence-corrected chi connectivity index (χ2v) is 4.66. The molecule has 1 spiro atoms. The van der Waals surface area contributed by atoms with Gasteiger partial charge in [0.15, 0.2) is 0 Å². The summed E-state index contributed by atoms with van der Waals surface area (Å²) in [6.07, 6.45) is 1.21. The molecule has 3 fully saturated rings. The molecule has 3 unspecified atom stereocenters. The lowest BCUT2D eigenvalue weighted by Gasteiger charge is -2.51. The van der Waals surface area contributed by atoms with Gasteiger partial charge in [-0.05, 0) is 6.42 Å². The van der Waals surface area contributed by atoms with Crippen LogP contribution in [0.5, 0.6) is 0 Å². The number of hydrogen-bond donors (Lipinski definition) is 2. The van der Waals surface area contributed by atoms with Gasteiger partial charge in [-0.25, -0.2) is 0 Å². The zero-order valence-corrected chi connectivity index (χ0v) is 8.42. The minimum Gasteiger partial charge on any atom is -0.381 e. The van der Waals surface area contributed by atoms with Crippen LogP contribution in [0.1, 0.15) is 6.42 Å². The monoisotopic (exact) mass is 198 g/mol. The molecule has 3 heterocycles. The molecule has 0 aromatic heterocycles. The predicted molar refractivity (Wildman–Crippen MR) is 52.3 cm³/mol. The molecule has 4 heteroatoms. The first-order valence-electron chi connectivity index (χ1n) is 5.53. The highest BCUT2D eigenvalue weighted by atomic mass is 16.5. The summed E-state index contributed by atoms with van der Waals surface area (Å²) in [6, 6.07) is 1.05. The summed E-state index contributed by atoms with van der Waals surface area (Å²) in [5, 5.41) is 7.05. The molecule has 0 radical (unpaired) electrons. The van der Waals surface area contributed by atoms with Gasteiger partial charge in [0.1, 0.15) is 0 Å². The fraction of sp³-hybridized carbons (Fsp3) is 1.00. The van der Waals surface area contributed by atoms with Gasteiger partial charge in [-0.2, -0.15) is 0 Å². The third-order valence-corrected chi connectivity index (χ3v) is 3.82. The van der Waals surface area contributed by atoms with Gasteiger partial charge in [-0.3, -0.25) is 0 Å². The standard InChI is InChI=1S/C10H18N2O2/c1-3-14-7-10(1)6-12-9(10)8-5-13-4-2-11-8/h8-9,11-12H,1-7H2. The van der Waals surface area contributed by atoms with Crippen molar-refractivity contribution in [2.75, 3.05) is 39.5 Å². The van der Waals surface area contributed by atoms with Crippen molar-refractivity contribution in [2.24, 2.45) is 5.41 Å². The molecule has 3 atom stereocenters. The Bertz CT molecular complexity index is 210. The minimum absolute atomic E-state index is 0.415. The molecule has 0 saturated carbocycles. The van der Waals surface area contributed by atoms with E-state index in [2.05, 4.69) is 10.6 Å². The Labute approximate surface area is 84.3 Å². The van der Waals surface area contributed by atoms with E-state index < -0.39 is 0 Å². The molecule has 0 amide bonds. The predicted octanol–water partition coefficient (Wildman–Crippen LogP) is -0.647. The average Bonchev–Trinajstić information content (AvgIpc) is 2.68. The lowest BCUT2D eigenvalue weighted by Crippen LogP contribution is -2.71. The van der Waals surface area contributed by atoms with Crippen molar-refractivity contribution in [2.45, 2.75) is 18.5 Å². The van der Waals surface area contributed by atoms with Gasteiger partial charge in [-0.1, -0.05) is 0 Å². The van der Waals surface area contributed by atoms with Crippen LogP contribution in [0.15, 0.2) is 0 Å². The number of nitrogens with one attached hydrogen (secondary N) is 2. The molecule has 3 rings (SSSR count). The highest BCUT2D eigenvalue weighted by Crippen LogP contribution is 2.39. The van der Waals surface area contributed by atoms with E-state index in [0.717, 1.165) is 39.5 Å². The van der Waals surface area contributed by atoms with E-state index in [4.69, 9.17) is 9.47 Å². The Balaban J connectivity index is 1.66. The number of morpholine rings is 1.